The number of aromatic nitrogens is 1. The van der Waals surface area contributed by atoms with E-state index in [1.807, 2.05) is 12.3 Å². The van der Waals surface area contributed by atoms with Crippen LogP contribution in [0, 0.1) is 5.82 Å². The normalized spacial score (nSPS) is 12.7. The molecule has 0 aliphatic carbocycles. The number of thiazole rings is 1. The van der Waals surface area contributed by atoms with Crippen LogP contribution >= 0.6 is 27.3 Å². The van der Waals surface area contributed by atoms with Gasteiger partial charge in [-0.1, -0.05) is 0 Å². The molecule has 90 valence electrons. The van der Waals surface area contributed by atoms with Gasteiger partial charge in [0.2, 0.25) is 0 Å². The van der Waals surface area contributed by atoms with Gasteiger partial charge < -0.3 is 5.73 Å². The lowest BCUT2D eigenvalue weighted by Crippen LogP contribution is -2.17. The van der Waals surface area contributed by atoms with E-state index >= 15 is 0 Å². The topological polar surface area (TPSA) is 38.9 Å². The fourth-order valence-corrected chi connectivity index (χ4v) is 2.79. The van der Waals surface area contributed by atoms with Crippen LogP contribution in [0.2, 0.25) is 0 Å². The maximum Gasteiger partial charge on any atom is 0.137 e. The molecular weight excluding hydrogens is 303 g/mol. The van der Waals surface area contributed by atoms with Gasteiger partial charge in [0.05, 0.1) is 15.2 Å². The largest absolute Gasteiger partial charge is 0.328 e. The van der Waals surface area contributed by atoms with Crippen LogP contribution in [0.3, 0.4) is 0 Å². The standard InChI is InChI=1S/C12H12BrFN2S/c1-7(15)4-12-16-11(6-17-12)8-2-3-10(14)9(13)5-8/h2-3,5-7H,4,15H2,1H3. The Balaban J connectivity index is 2.27. The Hall–Kier alpha value is -0.780. The van der Waals surface area contributed by atoms with Gasteiger partial charge in [-0.25, -0.2) is 9.37 Å². The highest BCUT2D eigenvalue weighted by Crippen LogP contribution is 2.26. The van der Waals surface area contributed by atoms with Crippen LogP contribution < -0.4 is 5.73 Å². The Morgan fingerprint density at radius 3 is 2.94 bits per heavy atom. The summed E-state index contributed by atoms with van der Waals surface area (Å²) in [6, 6.07) is 5.00. The fourth-order valence-electron chi connectivity index (χ4n) is 1.47. The predicted octanol–water partition coefficient (Wildman–Crippen LogP) is 3.60. The molecule has 1 aromatic carbocycles. The number of hydrogen-bond donors (Lipinski definition) is 1. The summed E-state index contributed by atoms with van der Waals surface area (Å²) < 4.78 is 13.6. The lowest BCUT2D eigenvalue weighted by Gasteiger charge is -2.00. The maximum atomic E-state index is 13.1. The van der Waals surface area contributed by atoms with Crippen LogP contribution in [-0.2, 0) is 6.42 Å². The molecule has 1 heterocycles. The molecule has 2 rings (SSSR count). The van der Waals surface area contributed by atoms with Crippen LogP contribution in [0.25, 0.3) is 11.3 Å². The van der Waals surface area contributed by atoms with Crippen molar-refractivity contribution >= 4 is 27.3 Å². The van der Waals surface area contributed by atoms with E-state index in [4.69, 9.17) is 5.73 Å². The van der Waals surface area contributed by atoms with E-state index in [9.17, 15) is 4.39 Å². The summed E-state index contributed by atoms with van der Waals surface area (Å²) in [6.07, 6.45) is 0.771. The highest BCUT2D eigenvalue weighted by atomic mass is 79.9. The minimum absolute atomic E-state index is 0.106. The summed E-state index contributed by atoms with van der Waals surface area (Å²) in [6.45, 7) is 1.95. The average molecular weight is 315 g/mol. The summed E-state index contributed by atoms with van der Waals surface area (Å²) in [4.78, 5) is 4.49. The van der Waals surface area contributed by atoms with Gasteiger partial charge in [-0.2, -0.15) is 0 Å². The number of benzene rings is 1. The molecule has 0 radical (unpaired) electrons. The molecule has 0 bridgehead atoms. The number of nitrogens with zero attached hydrogens (tertiary/aromatic N) is 1. The van der Waals surface area contributed by atoms with Crippen LogP contribution in [0.15, 0.2) is 28.1 Å². The van der Waals surface area contributed by atoms with Crippen LogP contribution in [0.1, 0.15) is 11.9 Å². The molecule has 0 aliphatic rings. The van der Waals surface area contributed by atoms with Crippen molar-refractivity contribution in [2.24, 2.45) is 5.73 Å². The smallest absolute Gasteiger partial charge is 0.137 e. The van der Waals surface area contributed by atoms with Crippen LogP contribution in [0.4, 0.5) is 4.39 Å². The lowest BCUT2D eigenvalue weighted by molar-refractivity contribution is 0.621. The quantitative estimate of drug-likeness (QED) is 0.940. The second-order valence-corrected chi connectivity index (χ2v) is 5.73. The fraction of sp³-hybridized carbons (Fsp3) is 0.250. The van der Waals surface area contributed by atoms with Crippen molar-refractivity contribution in [1.29, 1.82) is 0 Å². The van der Waals surface area contributed by atoms with Gasteiger partial charge in [-0.3, -0.25) is 0 Å². The first kappa shape index (κ1) is 12.7. The van der Waals surface area contributed by atoms with E-state index in [2.05, 4.69) is 20.9 Å². The first-order valence-corrected chi connectivity index (χ1v) is 6.89. The number of hydrogen-bond acceptors (Lipinski definition) is 3. The molecule has 0 amide bonds. The molecule has 0 saturated heterocycles. The Bertz CT molecular complexity index is 525. The first-order valence-electron chi connectivity index (χ1n) is 5.21. The SMILES string of the molecule is CC(N)Cc1nc(-c2ccc(F)c(Br)c2)cs1. The Kier molecular flexibility index (Phi) is 3.91. The second-order valence-electron chi connectivity index (χ2n) is 3.94. The number of rotatable bonds is 3. The zero-order chi connectivity index (χ0) is 12.4. The summed E-state index contributed by atoms with van der Waals surface area (Å²) in [5.74, 6) is -0.264. The van der Waals surface area contributed by atoms with E-state index in [0.29, 0.717) is 4.47 Å². The molecule has 0 saturated carbocycles. The van der Waals surface area contributed by atoms with Gasteiger partial charge in [-0.05, 0) is 41.1 Å². The first-order chi connectivity index (χ1) is 8.06. The van der Waals surface area contributed by atoms with Gasteiger partial charge in [0.25, 0.3) is 0 Å². The molecule has 2 aromatic rings. The zero-order valence-electron chi connectivity index (χ0n) is 9.28. The zero-order valence-corrected chi connectivity index (χ0v) is 11.7. The second kappa shape index (κ2) is 5.25. The average Bonchev–Trinajstić information content (AvgIpc) is 2.69. The van der Waals surface area contributed by atoms with Gasteiger partial charge in [-0.15, -0.1) is 11.3 Å². The van der Waals surface area contributed by atoms with Gasteiger partial charge in [0.1, 0.15) is 5.82 Å². The molecule has 5 heteroatoms. The summed E-state index contributed by atoms with van der Waals surface area (Å²) in [7, 11) is 0. The van der Waals surface area contributed by atoms with Crippen LogP contribution in [-0.4, -0.2) is 11.0 Å². The minimum Gasteiger partial charge on any atom is -0.328 e. The molecule has 1 atom stereocenters. The van der Waals surface area contributed by atoms with Gasteiger partial charge in [0.15, 0.2) is 0 Å². The monoisotopic (exact) mass is 314 g/mol. The third-order valence-corrected chi connectivity index (χ3v) is 3.74. The Morgan fingerprint density at radius 1 is 1.53 bits per heavy atom. The lowest BCUT2D eigenvalue weighted by atomic mass is 10.2. The third-order valence-electron chi connectivity index (χ3n) is 2.26. The molecule has 0 spiro atoms. The van der Waals surface area contributed by atoms with Crippen molar-refractivity contribution in [1.82, 2.24) is 4.98 Å². The van der Waals surface area contributed by atoms with E-state index in [1.54, 1.807) is 23.5 Å². The molecule has 17 heavy (non-hydrogen) atoms. The number of nitrogens with two attached hydrogens (primary N) is 1. The third kappa shape index (κ3) is 3.12. The van der Waals surface area contributed by atoms with E-state index in [1.165, 1.54) is 6.07 Å². The molecule has 0 aliphatic heterocycles. The predicted molar refractivity (Wildman–Crippen MR) is 72.6 cm³/mol. The summed E-state index contributed by atoms with van der Waals surface area (Å²) in [5, 5.41) is 2.98. The minimum atomic E-state index is -0.264. The number of halogens is 2. The highest BCUT2D eigenvalue weighted by Gasteiger charge is 2.08. The van der Waals surface area contributed by atoms with Crippen molar-refractivity contribution in [3.05, 3.63) is 38.9 Å². The van der Waals surface area contributed by atoms with Crippen molar-refractivity contribution < 1.29 is 4.39 Å². The Morgan fingerprint density at radius 2 is 2.29 bits per heavy atom. The van der Waals surface area contributed by atoms with Gasteiger partial charge >= 0.3 is 0 Å². The Labute approximate surface area is 112 Å². The van der Waals surface area contributed by atoms with Crippen molar-refractivity contribution in [2.75, 3.05) is 0 Å². The van der Waals surface area contributed by atoms with E-state index < -0.39 is 0 Å². The molecule has 2 N–H and O–H groups in total. The molecule has 0 fully saturated rings. The maximum absolute atomic E-state index is 13.1. The van der Waals surface area contributed by atoms with E-state index in [0.717, 1.165) is 22.7 Å². The van der Waals surface area contributed by atoms with Crippen LogP contribution in [0.5, 0.6) is 0 Å². The molecule has 2 nitrogen and oxygen atoms in total. The van der Waals surface area contributed by atoms with Crippen molar-refractivity contribution in [2.45, 2.75) is 19.4 Å². The summed E-state index contributed by atoms with van der Waals surface area (Å²) >= 11 is 4.75. The van der Waals surface area contributed by atoms with Crippen molar-refractivity contribution in [3.63, 3.8) is 0 Å². The van der Waals surface area contributed by atoms with Gasteiger partial charge in [0, 0.05) is 23.4 Å². The van der Waals surface area contributed by atoms with E-state index in [-0.39, 0.29) is 11.9 Å². The molecular formula is C12H12BrFN2S. The molecule has 1 aromatic heterocycles. The highest BCUT2D eigenvalue weighted by molar-refractivity contribution is 9.10. The summed E-state index contributed by atoms with van der Waals surface area (Å²) in [5.41, 5.74) is 7.50. The molecule has 1 unspecified atom stereocenters. The van der Waals surface area contributed by atoms with Crippen molar-refractivity contribution in [3.8, 4) is 11.3 Å².